The third-order valence-electron chi connectivity index (χ3n) is 14.9. The number of para-hydroxylation sites is 4. The van der Waals surface area contributed by atoms with Crippen LogP contribution in [0.25, 0.3) is 86.9 Å². The molecule has 0 bridgehead atoms. The fourth-order valence-electron chi connectivity index (χ4n) is 11.7. The first kappa shape index (κ1) is 41.2. The van der Waals surface area contributed by atoms with E-state index in [2.05, 4.69) is 170 Å². The van der Waals surface area contributed by atoms with Crippen molar-refractivity contribution in [3.8, 4) is 68.2 Å². The molecule has 2 aliphatic rings. The van der Waals surface area contributed by atoms with Crippen LogP contribution < -0.4 is 35.3 Å². The molecule has 16 rings (SSSR count). The summed E-state index contributed by atoms with van der Waals surface area (Å²) in [6.45, 7) is 0.0691. The lowest BCUT2D eigenvalue weighted by atomic mass is 9.34. The van der Waals surface area contributed by atoms with Crippen molar-refractivity contribution < 1.29 is 18.9 Å². The lowest BCUT2D eigenvalue weighted by molar-refractivity contribution is 0.461. The molecule has 0 atom stereocenters. The van der Waals surface area contributed by atoms with E-state index in [0.717, 1.165) is 68.1 Å². The molecule has 4 nitrogen and oxygen atoms in total. The second-order valence-electron chi connectivity index (χ2n) is 19.0. The molecular weight excluding hydrogens is 892 g/mol. The van der Waals surface area contributed by atoms with Gasteiger partial charge in [-0.2, -0.15) is 0 Å². The Labute approximate surface area is 421 Å². The van der Waals surface area contributed by atoms with Gasteiger partial charge in [-0.15, -0.1) is 0 Å². The fourth-order valence-corrected chi connectivity index (χ4v) is 11.7. The summed E-state index contributed by atoms with van der Waals surface area (Å²) >= 11 is 0. The summed E-state index contributed by atoms with van der Waals surface area (Å²) in [5.74, 6) is 6.65. The molecule has 0 fully saturated rings. The van der Waals surface area contributed by atoms with Gasteiger partial charge in [0.05, 0.1) is 0 Å². The minimum absolute atomic E-state index is 0.0691. The van der Waals surface area contributed by atoms with Crippen LogP contribution in [-0.2, 0) is 0 Å². The molecule has 0 aliphatic carbocycles. The number of hydrogen-bond donors (Lipinski definition) is 0. The lowest BCUT2D eigenvalue weighted by Gasteiger charge is -2.34. The van der Waals surface area contributed by atoms with Gasteiger partial charge in [-0.1, -0.05) is 182 Å². The SMILES string of the molecule is c1ccc(Oc2ccc(-c3ccc4ccc5cccc6ccc3c4c56)c(Oc3ccccc3)c2)cc1.c1ccc2c(c1)Oc1ccc(-c3ccc4ccc5cccc6ccc3c4c56)c3c1B2c1ccccc1O3. The largest absolute Gasteiger partial charge is 0.458 e. The minimum Gasteiger partial charge on any atom is -0.458 e. The molecule has 5 heteroatoms. The Morgan fingerprint density at radius 3 is 1.33 bits per heavy atom. The molecule has 14 aromatic carbocycles. The maximum Gasteiger partial charge on any atom is 0.260 e. The summed E-state index contributed by atoms with van der Waals surface area (Å²) in [7, 11) is 0. The zero-order valence-corrected chi connectivity index (χ0v) is 39.4. The molecule has 0 radical (unpaired) electrons. The first-order valence-electron chi connectivity index (χ1n) is 24.8. The second-order valence-corrected chi connectivity index (χ2v) is 19.0. The fraction of sp³-hybridized carbons (Fsp3) is 0. The highest BCUT2D eigenvalue weighted by molar-refractivity contribution is 6.98. The molecule has 0 N–H and O–H groups in total. The van der Waals surface area contributed by atoms with Crippen molar-refractivity contribution in [2.45, 2.75) is 0 Å². The van der Waals surface area contributed by atoms with Gasteiger partial charge in [0.1, 0.15) is 46.0 Å². The lowest BCUT2D eigenvalue weighted by Crippen LogP contribution is -2.57. The van der Waals surface area contributed by atoms with E-state index >= 15 is 0 Å². The van der Waals surface area contributed by atoms with Crippen molar-refractivity contribution in [2.75, 3.05) is 0 Å². The quantitative estimate of drug-likeness (QED) is 0.123. The number of fused-ring (bicyclic) bond motifs is 4. The molecule has 0 unspecified atom stereocenters. The van der Waals surface area contributed by atoms with Crippen molar-refractivity contribution in [2.24, 2.45) is 0 Å². The van der Waals surface area contributed by atoms with Gasteiger partial charge in [0.25, 0.3) is 6.71 Å². The maximum absolute atomic E-state index is 6.74. The highest BCUT2D eigenvalue weighted by atomic mass is 16.5. The van der Waals surface area contributed by atoms with E-state index in [9.17, 15) is 0 Å². The molecular formula is C68H41BO4. The molecule has 0 aromatic heterocycles. The van der Waals surface area contributed by atoms with Crippen LogP contribution in [-0.4, -0.2) is 6.71 Å². The summed E-state index contributed by atoms with van der Waals surface area (Å²) in [6.07, 6.45) is 0. The van der Waals surface area contributed by atoms with E-state index in [4.69, 9.17) is 18.9 Å². The molecule has 2 aliphatic heterocycles. The highest BCUT2D eigenvalue weighted by Gasteiger charge is 2.41. The predicted octanol–water partition coefficient (Wildman–Crippen LogP) is 16.8. The number of benzene rings is 14. The van der Waals surface area contributed by atoms with Crippen LogP contribution in [0, 0.1) is 0 Å². The summed E-state index contributed by atoms with van der Waals surface area (Å²) in [4.78, 5) is 0. The summed E-state index contributed by atoms with van der Waals surface area (Å²) < 4.78 is 25.8. The summed E-state index contributed by atoms with van der Waals surface area (Å²) in [5, 5.41) is 15.3. The Morgan fingerprint density at radius 1 is 0.288 bits per heavy atom. The third-order valence-corrected chi connectivity index (χ3v) is 14.9. The van der Waals surface area contributed by atoms with Crippen LogP contribution >= 0.6 is 0 Å². The van der Waals surface area contributed by atoms with Gasteiger partial charge in [0.15, 0.2) is 0 Å². The van der Waals surface area contributed by atoms with Crippen molar-refractivity contribution in [1.82, 2.24) is 0 Å². The summed E-state index contributed by atoms with van der Waals surface area (Å²) in [5.41, 5.74) is 7.91. The van der Waals surface area contributed by atoms with E-state index in [0.29, 0.717) is 0 Å². The molecule has 0 saturated carbocycles. The topological polar surface area (TPSA) is 36.9 Å². The van der Waals surface area contributed by atoms with Crippen molar-refractivity contribution >= 4 is 87.7 Å². The molecule has 73 heavy (non-hydrogen) atoms. The van der Waals surface area contributed by atoms with E-state index in [1.165, 1.54) is 81.1 Å². The van der Waals surface area contributed by atoms with E-state index in [1.54, 1.807) is 0 Å². The van der Waals surface area contributed by atoms with E-state index < -0.39 is 0 Å². The van der Waals surface area contributed by atoms with Gasteiger partial charge < -0.3 is 18.9 Å². The number of ether oxygens (including phenoxy) is 4. The molecule has 340 valence electrons. The van der Waals surface area contributed by atoms with Gasteiger partial charge in [0.2, 0.25) is 0 Å². The van der Waals surface area contributed by atoms with Crippen molar-refractivity contribution in [3.63, 3.8) is 0 Å². The van der Waals surface area contributed by atoms with E-state index in [-0.39, 0.29) is 6.71 Å². The van der Waals surface area contributed by atoms with Gasteiger partial charge in [-0.3, -0.25) is 0 Å². The zero-order valence-electron chi connectivity index (χ0n) is 39.4. The Hall–Kier alpha value is -9.58. The Kier molecular flexibility index (Phi) is 9.33. The highest BCUT2D eigenvalue weighted by Crippen LogP contribution is 2.47. The van der Waals surface area contributed by atoms with Crippen LogP contribution in [0.5, 0.6) is 46.0 Å². The molecule has 14 aromatic rings. The predicted molar refractivity (Wildman–Crippen MR) is 302 cm³/mol. The molecule has 2 heterocycles. The average molecular weight is 933 g/mol. The van der Waals surface area contributed by atoms with Crippen molar-refractivity contribution in [1.29, 1.82) is 0 Å². The van der Waals surface area contributed by atoms with Crippen LogP contribution in [0.15, 0.2) is 249 Å². The number of rotatable bonds is 6. The Morgan fingerprint density at radius 2 is 0.740 bits per heavy atom. The Bertz CT molecular complexity index is 4410. The normalized spacial score (nSPS) is 12.3. The zero-order chi connectivity index (χ0) is 48.0. The minimum atomic E-state index is 0.0691. The summed E-state index contributed by atoms with van der Waals surface area (Å²) in [6, 6.07) is 86.7. The first-order chi connectivity index (χ1) is 36.2. The van der Waals surface area contributed by atoms with Crippen LogP contribution in [0.2, 0.25) is 0 Å². The van der Waals surface area contributed by atoms with Crippen LogP contribution in [0.4, 0.5) is 0 Å². The number of hydrogen-bond acceptors (Lipinski definition) is 4. The van der Waals surface area contributed by atoms with Gasteiger partial charge in [-0.25, -0.2) is 0 Å². The maximum atomic E-state index is 6.74. The third kappa shape index (κ3) is 6.70. The smallest absolute Gasteiger partial charge is 0.260 e. The molecule has 0 saturated heterocycles. The van der Waals surface area contributed by atoms with Gasteiger partial charge in [0, 0.05) is 22.7 Å². The second kappa shape index (κ2) is 16.5. The van der Waals surface area contributed by atoms with Gasteiger partial charge in [-0.05, 0) is 147 Å². The van der Waals surface area contributed by atoms with Crippen LogP contribution in [0.3, 0.4) is 0 Å². The van der Waals surface area contributed by atoms with Gasteiger partial charge >= 0.3 is 0 Å². The average Bonchev–Trinajstić information content (AvgIpc) is 3.45. The van der Waals surface area contributed by atoms with E-state index in [1.807, 2.05) is 78.9 Å². The van der Waals surface area contributed by atoms with Crippen molar-refractivity contribution in [3.05, 3.63) is 249 Å². The van der Waals surface area contributed by atoms with Crippen LogP contribution in [0.1, 0.15) is 0 Å². The standard InChI is InChI=1S/C34H19BO2.C34H22O2/c1-3-10-28-26(8-1)35-27-9-2-4-11-29(27)37-34-25(18-19-30(36-28)33(34)35)23-16-14-22-13-12-20-6-5-7-21-15-17-24(23)32(22)31(20)21;1-3-10-26(11-4-1)35-28-18-21-30(32(22-28)36-27-12-5-2-6-13-27)29-19-16-25-15-14-23-8-7-9-24-17-20-31(29)34(25)33(23)24/h1-19H;1-22H. The first-order valence-corrected chi connectivity index (χ1v) is 24.8. The monoisotopic (exact) mass is 932 g/mol. The molecule has 0 spiro atoms. The molecule has 0 amide bonds. The Balaban J connectivity index is 0.000000130.